The van der Waals surface area contributed by atoms with Gasteiger partial charge in [-0.25, -0.2) is 17.9 Å². The van der Waals surface area contributed by atoms with Crippen LogP contribution in [0, 0.1) is 0 Å². The Morgan fingerprint density at radius 1 is 1.21 bits per heavy atom. The molecule has 0 bridgehead atoms. The molecule has 1 aliphatic carbocycles. The third kappa shape index (κ3) is 4.59. The second-order valence-electron chi connectivity index (χ2n) is 6.48. The molecule has 1 heterocycles. The molecule has 0 unspecified atom stereocenters. The lowest BCUT2D eigenvalue weighted by atomic mass is 9.93. The Kier molecular flexibility index (Phi) is 5.87. The number of rotatable bonds is 4. The predicted molar refractivity (Wildman–Crippen MR) is 102 cm³/mol. The first kappa shape index (κ1) is 20.5. The van der Waals surface area contributed by atoms with Crippen LogP contribution in [-0.2, 0) is 19.6 Å². The number of benzene rings is 1. The number of primary sulfonamides is 1. The van der Waals surface area contributed by atoms with E-state index in [0.29, 0.717) is 36.3 Å². The summed E-state index contributed by atoms with van der Waals surface area (Å²) < 4.78 is 35.7. The van der Waals surface area contributed by atoms with E-state index in [-0.39, 0.29) is 4.90 Å². The Hall–Kier alpha value is -2.24. The Morgan fingerprint density at radius 2 is 1.82 bits per heavy atom. The lowest BCUT2D eigenvalue weighted by Crippen LogP contribution is -2.36. The molecular formula is C17H18FN3O5S2. The number of nitrogens with one attached hydrogen (secondary N) is 1. The third-order valence-corrected chi connectivity index (χ3v) is 6.45. The van der Waals surface area contributed by atoms with Crippen molar-refractivity contribution in [3.05, 3.63) is 34.7 Å². The molecule has 2 fully saturated rings. The Morgan fingerprint density at radius 3 is 2.39 bits per heavy atom. The van der Waals surface area contributed by atoms with E-state index in [0.717, 1.165) is 22.2 Å². The maximum atomic E-state index is 13.3. The molecule has 3 N–H and O–H groups in total. The fourth-order valence-electron chi connectivity index (χ4n) is 2.98. The van der Waals surface area contributed by atoms with Crippen LogP contribution >= 0.6 is 11.8 Å². The number of hydrogen-bond acceptors (Lipinski definition) is 6. The summed E-state index contributed by atoms with van der Waals surface area (Å²) in [6, 6.07) is 5.17. The van der Waals surface area contributed by atoms with Crippen molar-refractivity contribution in [2.75, 3.05) is 11.9 Å². The molecule has 1 aliphatic heterocycles. The Bertz CT molecular complexity index is 950. The molecule has 2 aliphatic rings. The van der Waals surface area contributed by atoms with Crippen LogP contribution in [0.25, 0.3) is 0 Å². The minimum Gasteiger partial charge on any atom is -0.325 e. The number of amides is 3. The number of carbonyl (C=O) groups is 3. The van der Waals surface area contributed by atoms with E-state index < -0.39 is 39.8 Å². The number of alkyl halides is 1. The van der Waals surface area contributed by atoms with Gasteiger partial charge in [0.05, 0.1) is 9.80 Å². The quantitative estimate of drug-likeness (QED) is 0.709. The van der Waals surface area contributed by atoms with Gasteiger partial charge in [0, 0.05) is 5.69 Å². The zero-order chi connectivity index (χ0) is 20.5. The van der Waals surface area contributed by atoms with E-state index in [1.54, 1.807) is 0 Å². The van der Waals surface area contributed by atoms with E-state index in [1.807, 2.05) is 0 Å². The average Bonchev–Trinajstić information content (AvgIpc) is 2.90. The Labute approximate surface area is 165 Å². The molecule has 3 rings (SSSR count). The monoisotopic (exact) mass is 427 g/mol. The zero-order valence-corrected chi connectivity index (χ0v) is 16.3. The second-order valence-corrected chi connectivity index (χ2v) is 9.01. The van der Waals surface area contributed by atoms with Gasteiger partial charge in [0.1, 0.15) is 12.7 Å². The van der Waals surface area contributed by atoms with Crippen molar-refractivity contribution in [1.82, 2.24) is 4.90 Å². The lowest BCUT2D eigenvalue weighted by Gasteiger charge is -2.18. The first-order chi connectivity index (χ1) is 13.1. The molecule has 0 spiro atoms. The number of sulfonamides is 1. The number of nitrogens with zero attached hydrogens (tertiary/aromatic N) is 1. The fourth-order valence-corrected chi connectivity index (χ4v) is 4.48. The minimum absolute atomic E-state index is 0.105. The normalized spacial score (nSPS) is 20.6. The first-order valence-electron chi connectivity index (χ1n) is 8.47. The largest absolute Gasteiger partial charge is 0.325 e. The van der Waals surface area contributed by atoms with E-state index in [4.69, 9.17) is 5.14 Å². The summed E-state index contributed by atoms with van der Waals surface area (Å²) in [4.78, 5) is 37.9. The van der Waals surface area contributed by atoms with Crippen molar-refractivity contribution >= 4 is 44.5 Å². The van der Waals surface area contributed by atoms with Gasteiger partial charge in [0.25, 0.3) is 11.1 Å². The number of carbonyl (C=O) groups excluding carboxylic acids is 3. The highest BCUT2D eigenvalue weighted by Crippen LogP contribution is 2.38. The first-order valence-corrected chi connectivity index (χ1v) is 10.8. The van der Waals surface area contributed by atoms with Gasteiger partial charge in [-0.2, -0.15) is 0 Å². The molecule has 8 nitrogen and oxygen atoms in total. The maximum absolute atomic E-state index is 13.3. The molecule has 0 aromatic heterocycles. The van der Waals surface area contributed by atoms with E-state index >= 15 is 0 Å². The van der Waals surface area contributed by atoms with Crippen LogP contribution in [0.1, 0.15) is 25.7 Å². The number of allylic oxidation sites excluding steroid dienone is 1. The number of hydrogen-bond donors (Lipinski definition) is 2. The van der Waals surface area contributed by atoms with E-state index in [9.17, 15) is 27.2 Å². The van der Waals surface area contributed by atoms with Gasteiger partial charge in [-0.1, -0.05) is 5.57 Å². The smallest absolute Gasteiger partial charge is 0.294 e. The highest BCUT2D eigenvalue weighted by molar-refractivity contribution is 8.18. The summed E-state index contributed by atoms with van der Waals surface area (Å²) in [7, 11) is -3.84. The predicted octanol–water partition coefficient (Wildman–Crippen LogP) is 2.13. The molecule has 3 amide bonds. The van der Waals surface area contributed by atoms with Crippen LogP contribution in [-0.4, -0.2) is 43.1 Å². The number of nitrogens with two attached hydrogens (primary N) is 1. The third-order valence-electron chi connectivity index (χ3n) is 4.46. The number of halogens is 1. The number of anilines is 1. The molecule has 150 valence electrons. The van der Waals surface area contributed by atoms with Gasteiger partial charge in [-0.05, 0) is 61.7 Å². The topological polar surface area (TPSA) is 127 Å². The van der Waals surface area contributed by atoms with Crippen LogP contribution in [0.5, 0.6) is 0 Å². The molecule has 1 aromatic carbocycles. The van der Waals surface area contributed by atoms with Gasteiger partial charge in [0.2, 0.25) is 15.9 Å². The van der Waals surface area contributed by atoms with Gasteiger partial charge >= 0.3 is 0 Å². The molecule has 11 heteroatoms. The summed E-state index contributed by atoms with van der Waals surface area (Å²) in [6.07, 6.45) is 0.632. The van der Waals surface area contributed by atoms with Crippen LogP contribution in [0.2, 0.25) is 0 Å². The number of imide groups is 1. The van der Waals surface area contributed by atoms with Gasteiger partial charge in [0.15, 0.2) is 0 Å². The minimum atomic E-state index is -3.84. The lowest BCUT2D eigenvalue weighted by molar-refractivity contribution is -0.127. The zero-order valence-electron chi connectivity index (χ0n) is 14.7. The molecule has 0 radical (unpaired) electrons. The molecule has 1 saturated carbocycles. The standard InChI is InChI=1S/C17H18FN3O5S2/c18-11-3-1-10(2-4-11)15-16(23)21(17(24)27-15)9-14(22)20-12-5-7-13(8-6-12)28(19,25)26/h5-8,11H,1-4,9H2,(H,20,22)(H2,19,25,26). The van der Waals surface area contributed by atoms with Crippen molar-refractivity contribution in [3.63, 3.8) is 0 Å². The Balaban J connectivity index is 1.65. The summed E-state index contributed by atoms with van der Waals surface area (Å²) in [5.41, 5.74) is 1.06. The van der Waals surface area contributed by atoms with E-state index in [2.05, 4.69) is 5.32 Å². The fraction of sp³-hybridized carbons (Fsp3) is 0.353. The van der Waals surface area contributed by atoms with Gasteiger partial charge < -0.3 is 5.32 Å². The van der Waals surface area contributed by atoms with Gasteiger partial charge in [-0.15, -0.1) is 0 Å². The van der Waals surface area contributed by atoms with Crippen LogP contribution in [0.15, 0.2) is 39.6 Å². The average molecular weight is 427 g/mol. The highest BCUT2D eigenvalue weighted by atomic mass is 32.2. The molecule has 1 saturated heterocycles. The van der Waals surface area contributed by atoms with Crippen LogP contribution in [0.3, 0.4) is 0 Å². The maximum Gasteiger partial charge on any atom is 0.294 e. The van der Waals surface area contributed by atoms with Crippen molar-refractivity contribution in [3.8, 4) is 0 Å². The van der Waals surface area contributed by atoms with Crippen LogP contribution in [0.4, 0.5) is 14.9 Å². The molecule has 1 aromatic rings. The van der Waals surface area contributed by atoms with Crippen molar-refractivity contribution in [1.29, 1.82) is 0 Å². The highest BCUT2D eigenvalue weighted by Gasteiger charge is 2.38. The molecule has 0 atom stereocenters. The van der Waals surface area contributed by atoms with Crippen molar-refractivity contribution < 1.29 is 27.2 Å². The SMILES string of the molecule is NS(=O)(=O)c1ccc(NC(=O)CN2C(=O)SC(=C3CCC(F)CC3)C2=O)cc1. The van der Waals surface area contributed by atoms with Gasteiger partial charge in [-0.3, -0.25) is 19.3 Å². The summed E-state index contributed by atoms with van der Waals surface area (Å²) in [6.45, 7) is -0.468. The summed E-state index contributed by atoms with van der Waals surface area (Å²) in [5.74, 6) is -1.15. The van der Waals surface area contributed by atoms with Crippen molar-refractivity contribution in [2.45, 2.75) is 36.8 Å². The van der Waals surface area contributed by atoms with E-state index in [1.165, 1.54) is 24.3 Å². The molecule has 28 heavy (non-hydrogen) atoms. The second kappa shape index (κ2) is 8.02. The summed E-state index contributed by atoms with van der Waals surface area (Å²) >= 11 is 0.777. The van der Waals surface area contributed by atoms with Crippen molar-refractivity contribution in [2.24, 2.45) is 5.14 Å². The summed E-state index contributed by atoms with van der Waals surface area (Å²) in [5, 5.41) is 6.95. The molecular weight excluding hydrogens is 409 g/mol. The van der Waals surface area contributed by atoms with Crippen LogP contribution < -0.4 is 10.5 Å². The number of thioether (sulfide) groups is 1.